The van der Waals surface area contributed by atoms with Crippen LogP contribution in [0.15, 0.2) is 28.8 Å². The van der Waals surface area contributed by atoms with E-state index in [1.54, 1.807) is 12.1 Å². The highest BCUT2D eigenvalue weighted by Gasteiger charge is 2.43. The highest BCUT2D eigenvalue weighted by molar-refractivity contribution is 7.88. The number of hydrogen-bond acceptors (Lipinski definition) is 6. The second kappa shape index (κ2) is 6.92. The summed E-state index contributed by atoms with van der Waals surface area (Å²) in [5, 5.41) is 4.72. The summed E-state index contributed by atoms with van der Waals surface area (Å²) in [7, 11) is -3.18. The van der Waals surface area contributed by atoms with E-state index in [0.29, 0.717) is 35.1 Å². The molecule has 1 aliphatic heterocycles. The predicted octanol–water partition coefficient (Wildman–Crippen LogP) is 2.15. The molecule has 1 aromatic carbocycles. The molecule has 1 aliphatic carbocycles. The van der Waals surface area contributed by atoms with E-state index in [9.17, 15) is 8.42 Å². The molecule has 3 atom stereocenters. The van der Waals surface area contributed by atoms with Crippen LogP contribution in [0.4, 0.5) is 0 Å². The summed E-state index contributed by atoms with van der Waals surface area (Å²) < 4.78 is 31.4. The quantitative estimate of drug-likeness (QED) is 0.833. The van der Waals surface area contributed by atoms with Crippen molar-refractivity contribution in [3.63, 3.8) is 0 Å². The van der Waals surface area contributed by atoms with E-state index >= 15 is 0 Å². The van der Waals surface area contributed by atoms with Gasteiger partial charge in [-0.05, 0) is 48.9 Å². The van der Waals surface area contributed by atoms with Gasteiger partial charge in [-0.2, -0.15) is 4.98 Å². The standard InChI is InChI=1S/C17H21ClN4O3S/c1-26(23,24)21-16-12-2-3-13(16)9-22(8-12)10-15-19-17(20-25-15)11-4-6-14(18)7-5-11/h4-7,12-13,16,21H,2-3,8-10H2,1H3/t12-,13+,16?. The van der Waals surface area contributed by atoms with Crippen molar-refractivity contribution in [2.24, 2.45) is 11.8 Å². The second-order valence-corrected chi connectivity index (χ2v) is 9.44. The van der Waals surface area contributed by atoms with E-state index in [1.807, 2.05) is 12.1 Å². The van der Waals surface area contributed by atoms with Crippen molar-refractivity contribution in [1.29, 1.82) is 0 Å². The number of halogens is 1. The van der Waals surface area contributed by atoms with E-state index in [1.165, 1.54) is 6.26 Å². The zero-order valence-electron chi connectivity index (χ0n) is 14.4. The van der Waals surface area contributed by atoms with Crippen molar-refractivity contribution in [1.82, 2.24) is 19.8 Å². The lowest BCUT2D eigenvalue weighted by molar-refractivity contribution is 0.120. The summed E-state index contributed by atoms with van der Waals surface area (Å²) >= 11 is 5.90. The number of aromatic nitrogens is 2. The third-order valence-corrected chi connectivity index (χ3v) is 6.14. The lowest BCUT2D eigenvalue weighted by Crippen LogP contribution is -2.52. The molecule has 7 nitrogen and oxygen atoms in total. The fraction of sp³-hybridized carbons (Fsp3) is 0.529. The minimum atomic E-state index is -3.18. The molecule has 140 valence electrons. The van der Waals surface area contributed by atoms with E-state index in [0.717, 1.165) is 31.5 Å². The van der Waals surface area contributed by atoms with Gasteiger partial charge in [0.25, 0.3) is 0 Å². The number of fused-ring (bicyclic) bond motifs is 2. The normalized spacial score (nSPS) is 26.3. The summed E-state index contributed by atoms with van der Waals surface area (Å²) in [4.78, 5) is 6.76. The smallest absolute Gasteiger partial charge is 0.241 e. The van der Waals surface area contributed by atoms with Gasteiger partial charge < -0.3 is 4.52 Å². The molecule has 1 saturated carbocycles. The van der Waals surface area contributed by atoms with Crippen LogP contribution >= 0.6 is 11.6 Å². The van der Waals surface area contributed by atoms with Crippen LogP contribution in [0.25, 0.3) is 11.4 Å². The van der Waals surface area contributed by atoms with Gasteiger partial charge in [0.15, 0.2) is 0 Å². The van der Waals surface area contributed by atoms with Gasteiger partial charge in [0.2, 0.25) is 21.7 Å². The fourth-order valence-corrected chi connectivity index (χ4v) is 5.12. The molecule has 0 spiro atoms. The zero-order valence-corrected chi connectivity index (χ0v) is 16.0. The molecule has 2 bridgehead atoms. The fourth-order valence-electron chi connectivity index (χ4n) is 4.12. The largest absolute Gasteiger partial charge is 0.338 e. The van der Waals surface area contributed by atoms with Crippen LogP contribution in [-0.2, 0) is 16.6 Å². The summed E-state index contributed by atoms with van der Waals surface area (Å²) in [6, 6.07) is 7.36. The number of likely N-dealkylation sites (tertiary alicyclic amines) is 1. The molecule has 26 heavy (non-hydrogen) atoms. The van der Waals surface area contributed by atoms with Crippen molar-refractivity contribution in [2.45, 2.75) is 25.4 Å². The molecule has 4 rings (SSSR count). The lowest BCUT2D eigenvalue weighted by Gasteiger charge is -2.37. The Labute approximate surface area is 157 Å². The van der Waals surface area contributed by atoms with Crippen LogP contribution in [0, 0.1) is 11.8 Å². The molecular weight excluding hydrogens is 376 g/mol. The molecule has 0 amide bonds. The van der Waals surface area contributed by atoms with Crippen LogP contribution in [-0.4, -0.2) is 48.8 Å². The van der Waals surface area contributed by atoms with Gasteiger partial charge in [0, 0.05) is 29.7 Å². The highest BCUT2D eigenvalue weighted by Crippen LogP contribution is 2.37. The molecule has 9 heteroatoms. The highest BCUT2D eigenvalue weighted by atomic mass is 35.5. The van der Waals surface area contributed by atoms with Crippen molar-refractivity contribution in [2.75, 3.05) is 19.3 Å². The lowest BCUT2D eigenvalue weighted by atomic mass is 9.93. The molecule has 1 unspecified atom stereocenters. The molecule has 1 N–H and O–H groups in total. The molecule has 2 aromatic rings. The summed E-state index contributed by atoms with van der Waals surface area (Å²) in [6.45, 7) is 2.25. The minimum Gasteiger partial charge on any atom is -0.338 e. The Hall–Kier alpha value is -1.48. The Balaban J connectivity index is 1.41. The Morgan fingerprint density at radius 3 is 2.50 bits per heavy atom. The average molecular weight is 397 g/mol. The van der Waals surface area contributed by atoms with Crippen molar-refractivity contribution in [3.05, 3.63) is 35.2 Å². The number of rotatable bonds is 5. The molecule has 1 aromatic heterocycles. The Morgan fingerprint density at radius 2 is 1.88 bits per heavy atom. The van der Waals surface area contributed by atoms with Gasteiger partial charge in [0.05, 0.1) is 12.8 Å². The van der Waals surface area contributed by atoms with Gasteiger partial charge in [-0.3, -0.25) is 4.90 Å². The number of nitrogens with one attached hydrogen (secondary N) is 1. The predicted molar refractivity (Wildman–Crippen MR) is 98.0 cm³/mol. The number of benzene rings is 1. The van der Waals surface area contributed by atoms with E-state index in [4.69, 9.17) is 16.1 Å². The first kappa shape index (κ1) is 17.9. The van der Waals surface area contributed by atoms with E-state index in [2.05, 4.69) is 19.8 Å². The topological polar surface area (TPSA) is 88.3 Å². The van der Waals surface area contributed by atoms with Gasteiger partial charge in [-0.15, -0.1) is 0 Å². The summed E-state index contributed by atoms with van der Waals surface area (Å²) in [6.07, 6.45) is 3.33. The van der Waals surface area contributed by atoms with Gasteiger partial charge >= 0.3 is 0 Å². The molecule has 2 fully saturated rings. The second-order valence-electron chi connectivity index (χ2n) is 7.23. The van der Waals surface area contributed by atoms with Crippen LogP contribution < -0.4 is 4.72 Å². The molecule has 1 saturated heterocycles. The van der Waals surface area contributed by atoms with Crippen molar-refractivity contribution in [3.8, 4) is 11.4 Å². The van der Waals surface area contributed by atoms with Gasteiger partial charge in [-0.25, -0.2) is 13.1 Å². The van der Waals surface area contributed by atoms with Crippen LogP contribution in [0.1, 0.15) is 18.7 Å². The van der Waals surface area contributed by atoms with E-state index < -0.39 is 10.0 Å². The number of hydrogen-bond donors (Lipinski definition) is 1. The SMILES string of the molecule is CS(=O)(=O)NC1[C@@H]2CC[C@H]1CN(Cc1nc(-c3ccc(Cl)cc3)no1)C2. The third-order valence-electron chi connectivity index (χ3n) is 5.19. The Morgan fingerprint density at radius 1 is 1.23 bits per heavy atom. The van der Waals surface area contributed by atoms with Crippen LogP contribution in [0.3, 0.4) is 0 Å². The summed E-state index contributed by atoms with van der Waals surface area (Å²) in [5.74, 6) is 1.79. The molecular formula is C17H21ClN4O3S. The van der Waals surface area contributed by atoms with Crippen molar-refractivity contribution >= 4 is 21.6 Å². The third kappa shape index (κ3) is 3.93. The monoisotopic (exact) mass is 396 g/mol. The first-order valence-electron chi connectivity index (χ1n) is 8.65. The Kier molecular flexibility index (Phi) is 4.77. The average Bonchev–Trinajstić information content (AvgIpc) is 3.09. The number of piperidine rings is 1. The maximum Gasteiger partial charge on any atom is 0.241 e. The molecule has 2 heterocycles. The van der Waals surface area contributed by atoms with Gasteiger partial charge in [-0.1, -0.05) is 16.8 Å². The molecule has 0 radical (unpaired) electrons. The van der Waals surface area contributed by atoms with Gasteiger partial charge in [0.1, 0.15) is 0 Å². The van der Waals surface area contributed by atoms with Crippen molar-refractivity contribution < 1.29 is 12.9 Å². The first-order valence-corrected chi connectivity index (χ1v) is 10.9. The maximum atomic E-state index is 11.6. The maximum absolute atomic E-state index is 11.6. The van der Waals surface area contributed by atoms with Crippen LogP contribution in [0.5, 0.6) is 0 Å². The minimum absolute atomic E-state index is 0.0496. The first-order chi connectivity index (χ1) is 12.4. The van der Waals surface area contributed by atoms with Crippen LogP contribution in [0.2, 0.25) is 5.02 Å². The molecule has 2 aliphatic rings. The Bertz CT molecular complexity index is 870. The number of nitrogens with zero attached hydrogens (tertiary/aromatic N) is 3. The zero-order chi connectivity index (χ0) is 18.3. The van der Waals surface area contributed by atoms with E-state index in [-0.39, 0.29) is 6.04 Å². The summed E-state index contributed by atoms with van der Waals surface area (Å²) in [5.41, 5.74) is 0.862. The number of sulfonamides is 1.